The first-order valence-electron chi connectivity index (χ1n) is 12.4. The Morgan fingerprint density at radius 2 is 1.94 bits per heavy atom. The average Bonchev–Trinajstić information content (AvgIpc) is 3.08. The van der Waals surface area contributed by atoms with Gasteiger partial charge in [0, 0.05) is 56.2 Å². The summed E-state index contributed by atoms with van der Waals surface area (Å²) < 4.78 is 5.86. The number of carbonyl (C=O) groups is 1. The van der Waals surface area contributed by atoms with Crippen molar-refractivity contribution >= 4 is 11.7 Å². The first-order valence-corrected chi connectivity index (χ1v) is 12.4. The lowest BCUT2D eigenvalue weighted by atomic mass is 9.55. The van der Waals surface area contributed by atoms with Crippen molar-refractivity contribution in [2.75, 3.05) is 37.6 Å². The van der Waals surface area contributed by atoms with Crippen LogP contribution in [0.3, 0.4) is 0 Å². The smallest absolute Gasteiger partial charge is 0.311 e. The van der Waals surface area contributed by atoms with E-state index in [-0.39, 0.29) is 29.3 Å². The van der Waals surface area contributed by atoms with E-state index >= 15 is 0 Å². The number of nitrogens with zero attached hydrogens (tertiary/aromatic N) is 2. The molecule has 0 bridgehead atoms. The van der Waals surface area contributed by atoms with Crippen LogP contribution in [0, 0.1) is 37.0 Å². The maximum atomic E-state index is 12.9. The van der Waals surface area contributed by atoms with Gasteiger partial charge in [-0.25, -0.2) is 0 Å². The number of fused-ring (bicyclic) bond motifs is 2. The van der Waals surface area contributed by atoms with E-state index in [1.54, 1.807) is 0 Å². The number of aliphatic hydroxyl groups is 1. The van der Waals surface area contributed by atoms with Gasteiger partial charge in [-0.05, 0) is 49.8 Å². The fourth-order valence-corrected chi connectivity index (χ4v) is 6.80. The summed E-state index contributed by atoms with van der Waals surface area (Å²) in [6.07, 6.45) is 4.59. The molecule has 2 saturated heterocycles. The molecule has 2 aliphatic carbocycles. The number of aliphatic hydroxyl groups excluding tert-OH is 1. The second kappa shape index (κ2) is 8.18. The van der Waals surface area contributed by atoms with Gasteiger partial charge in [-0.3, -0.25) is 9.69 Å². The van der Waals surface area contributed by atoms with Gasteiger partial charge in [0.2, 0.25) is 0 Å². The molecule has 5 rings (SSSR count). The molecule has 2 aliphatic heterocycles. The Labute approximate surface area is 192 Å². The number of allylic oxidation sites excluding steroid dienone is 1. The predicted molar refractivity (Wildman–Crippen MR) is 127 cm³/mol. The molecule has 5 heteroatoms. The Morgan fingerprint density at radius 1 is 1.19 bits per heavy atom. The molecule has 1 N–H and O–H groups in total. The Balaban J connectivity index is 1.28. The number of anilines is 1. The van der Waals surface area contributed by atoms with Gasteiger partial charge in [0.15, 0.2) is 0 Å². The molecule has 5 nitrogen and oxygen atoms in total. The zero-order valence-electron chi connectivity index (χ0n) is 20.0. The molecule has 3 unspecified atom stereocenters. The molecule has 1 aromatic rings. The maximum absolute atomic E-state index is 12.9. The summed E-state index contributed by atoms with van der Waals surface area (Å²) in [6.45, 7) is 13.3. The van der Waals surface area contributed by atoms with Gasteiger partial charge in [-0.15, -0.1) is 0 Å². The third kappa shape index (κ3) is 3.40. The van der Waals surface area contributed by atoms with E-state index in [1.807, 2.05) is 0 Å². The number of rotatable bonds is 3. The van der Waals surface area contributed by atoms with Crippen molar-refractivity contribution in [1.29, 1.82) is 0 Å². The normalized spacial score (nSPS) is 37.5. The van der Waals surface area contributed by atoms with Crippen LogP contribution in [-0.2, 0) is 9.53 Å². The summed E-state index contributed by atoms with van der Waals surface area (Å²) in [4.78, 5) is 17.8. The maximum Gasteiger partial charge on any atom is 0.311 e. The zero-order valence-corrected chi connectivity index (χ0v) is 20.0. The fourth-order valence-electron chi connectivity index (χ4n) is 6.80. The van der Waals surface area contributed by atoms with Crippen LogP contribution in [0.4, 0.5) is 5.69 Å². The number of ether oxygens (including phenoxy) is 1. The summed E-state index contributed by atoms with van der Waals surface area (Å²) >= 11 is 0. The highest BCUT2D eigenvalue weighted by molar-refractivity contribution is 5.76. The van der Waals surface area contributed by atoms with Crippen molar-refractivity contribution in [3.05, 3.63) is 41.0 Å². The van der Waals surface area contributed by atoms with Crippen molar-refractivity contribution in [1.82, 2.24) is 4.90 Å². The number of hydrogen-bond donors (Lipinski definition) is 1. The van der Waals surface area contributed by atoms with Crippen molar-refractivity contribution in [3.8, 4) is 0 Å². The number of carbonyl (C=O) groups excluding carboxylic acids is 1. The first-order chi connectivity index (χ1) is 15.3. The van der Waals surface area contributed by atoms with Crippen LogP contribution in [0.25, 0.3) is 0 Å². The third-order valence-corrected chi connectivity index (χ3v) is 9.31. The second-order valence-electron chi connectivity index (χ2n) is 10.8. The molecule has 1 aromatic carbocycles. The summed E-state index contributed by atoms with van der Waals surface area (Å²) in [5.74, 6) is -0.000529. The van der Waals surface area contributed by atoms with Crippen molar-refractivity contribution in [2.24, 2.45) is 23.2 Å². The molecule has 0 spiro atoms. The van der Waals surface area contributed by atoms with Crippen molar-refractivity contribution in [3.63, 3.8) is 0 Å². The molecule has 0 aromatic heterocycles. The lowest BCUT2D eigenvalue weighted by Crippen LogP contribution is -2.55. The Morgan fingerprint density at radius 3 is 2.69 bits per heavy atom. The number of hydrogen-bond acceptors (Lipinski definition) is 5. The number of aryl methyl sites for hydroxylation is 1. The van der Waals surface area contributed by atoms with Gasteiger partial charge in [0.05, 0.1) is 12.0 Å². The quantitative estimate of drug-likeness (QED) is 0.576. The second-order valence-corrected chi connectivity index (χ2v) is 10.8. The number of benzene rings is 1. The summed E-state index contributed by atoms with van der Waals surface area (Å²) in [5.41, 5.74) is 5.08. The van der Waals surface area contributed by atoms with Crippen LogP contribution in [0.1, 0.15) is 44.2 Å². The van der Waals surface area contributed by atoms with E-state index in [1.165, 1.54) is 22.4 Å². The van der Waals surface area contributed by atoms with Crippen LogP contribution >= 0.6 is 0 Å². The molecule has 6 atom stereocenters. The van der Waals surface area contributed by atoms with Gasteiger partial charge in [-0.2, -0.15) is 0 Å². The highest BCUT2D eigenvalue weighted by atomic mass is 16.6. The topological polar surface area (TPSA) is 53.0 Å². The number of esters is 1. The Hall–Kier alpha value is -1.85. The first kappa shape index (κ1) is 22.0. The van der Waals surface area contributed by atoms with Gasteiger partial charge in [0.25, 0.3) is 0 Å². The molecular formula is C27H38N2O3. The highest BCUT2D eigenvalue weighted by Crippen LogP contribution is 2.56. The molecule has 4 aliphatic rings. The third-order valence-electron chi connectivity index (χ3n) is 9.31. The van der Waals surface area contributed by atoms with Gasteiger partial charge < -0.3 is 14.7 Å². The minimum atomic E-state index is -0.518. The van der Waals surface area contributed by atoms with E-state index in [9.17, 15) is 9.90 Å². The van der Waals surface area contributed by atoms with Gasteiger partial charge in [-0.1, -0.05) is 37.6 Å². The molecule has 0 amide bonds. The van der Waals surface area contributed by atoms with Crippen LogP contribution in [0.5, 0.6) is 0 Å². The van der Waals surface area contributed by atoms with Crippen LogP contribution in [-0.4, -0.2) is 60.9 Å². The van der Waals surface area contributed by atoms with Gasteiger partial charge in [0.1, 0.15) is 6.10 Å². The summed E-state index contributed by atoms with van der Waals surface area (Å²) in [7, 11) is 0. The van der Waals surface area contributed by atoms with Crippen molar-refractivity contribution < 1.29 is 14.6 Å². The van der Waals surface area contributed by atoms with E-state index in [0.29, 0.717) is 12.5 Å². The average molecular weight is 439 g/mol. The molecule has 1 saturated carbocycles. The lowest BCUT2D eigenvalue weighted by molar-refractivity contribution is -0.145. The summed E-state index contributed by atoms with van der Waals surface area (Å²) in [5, 5.41) is 11.6. The van der Waals surface area contributed by atoms with Crippen LogP contribution in [0.2, 0.25) is 0 Å². The summed E-state index contributed by atoms with van der Waals surface area (Å²) in [6, 6.07) is 6.52. The zero-order chi connectivity index (χ0) is 22.6. The van der Waals surface area contributed by atoms with Gasteiger partial charge >= 0.3 is 5.97 Å². The number of piperazine rings is 1. The van der Waals surface area contributed by atoms with Crippen molar-refractivity contribution in [2.45, 2.75) is 59.2 Å². The molecule has 174 valence electrons. The van der Waals surface area contributed by atoms with Crippen LogP contribution in [0.15, 0.2) is 29.8 Å². The molecule has 0 radical (unpaired) electrons. The van der Waals surface area contributed by atoms with E-state index in [2.05, 4.69) is 61.8 Å². The molecule has 3 fully saturated rings. The molecule has 32 heavy (non-hydrogen) atoms. The van der Waals surface area contributed by atoms with E-state index in [0.717, 1.165) is 45.4 Å². The SMILES string of the molecule is Cc1cccc(N2CCN(CC3C(=O)O[C@@H]4CC5=CCCC(C)[C@@]5(C)C(O)[C@H]34)CC2)c1C. The molecule has 2 heterocycles. The lowest BCUT2D eigenvalue weighted by Gasteiger charge is -2.52. The predicted octanol–water partition coefficient (Wildman–Crippen LogP) is 3.71. The van der Waals surface area contributed by atoms with E-state index in [4.69, 9.17) is 4.74 Å². The highest BCUT2D eigenvalue weighted by Gasteiger charge is 2.59. The minimum absolute atomic E-state index is 0.0951. The van der Waals surface area contributed by atoms with Crippen LogP contribution < -0.4 is 4.90 Å². The standard InChI is InChI=1S/C27H38N2O3/c1-17-7-5-10-22(19(17)3)29-13-11-28(12-14-29)16-21-24-23(32-26(21)31)15-20-9-6-8-18(2)27(20,4)25(24)30/h5,7,9-10,18,21,23-25,30H,6,8,11-16H2,1-4H3/t18?,21?,23-,24-,25?,27-/m1/s1. The largest absolute Gasteiger partial charge is 0.461 e. The Kier molecular flexibility index (Phi) is 5.61. The molecular weight excluding hydrogens is 400 g/mol. The fraction of sp³-hybridized carbons (Fsp3) is 0.667. The monoisotopic (exact) mass is 438 g/mol. The minimum Gasteiger partial charge on any atom is -0.461 e. The van der Waals surface area contributed by atoms with E-state index < -0.39 is 6.10 Å². The Bertz CT molecular complexity index is 919.